The maximum Gasteiger partial charge on any atom is 0.237 e. The SMILES string of the molecule is CC(=O)c1cccc(NC(=O)[C@@H](C)Sc2nnnn2-c2ccccc2C)c1. The summed E-state index contributed by atoms with van der Waals surface area (Å²) in [5.41, 5.74) is 3.03. The van der Waals surface area contributed by atoms with E-state index in [9.17, 15) is 9.59 Å². The molecule has 2 aromatic carbocycles. The van der Waals surface area contributed by atoms with E-state index in [4.69, 9.17) is 0 Å². The van der Waals surface area contributed by atoms with Gasteiger partial charge in [0.25, 0.3) is 0 Å². The second-order valence-corrected chi connectivity index (χ2v) is 7.35. The Morgan fingerprint density at radius 2 is 1.93 bits per heavy atom. The van der Waals surface area contributed by atoms with Gasteiger partial charge >= 0.3 is 0 Å². The third-order valence-electron chi connectivity index (χ3n) is 3.97. The van der Waals surface area contributed by atoms with Gasteiger partial charge in [-0.2, -0.15) is 4.68 Å². The molecule has 138 valence electrons. The first-order valence-electron chi connectivity index (χ1n) is 8.38. The molecule has 3 rings (SSSR count). The van der Waals surface area contributed by atoms with Crippen molar-refractivity contribution in [2.24, 2.45) is 0 Å². The van der Waals surface area contributed by atoms with E-state index < -0.39 is 5.25 Å². The van der Waals surface area contributed by atoms with Crippen molar-refractivity contribution in [1.29, 1.82) is 0 Å². The molecular formula is C19H19N5O2S. The molecule has 0 bridgehead atoms. The van der Waals surface area contributed by atoms with Crippen LogP contribution in [0.3, 0.4) is 0 Å². The summed E-state index contributed by atoms with van der Waals surface area (Å²) in [6, 6.07) is 14.6. The average molecular weight is 381 g/mol. The number of amides is 1. The Hall–Kier alpha value is -3.00. The van der Waals surface area contributed by atoms with Crippen molar-refractivity contribution < 1.29 is 9.59 Å². The third-order valence-corrected chi connectivity index (χ3v) is 5.01. The van der Waals surface area contributed by atoms with Crippen LogP contribution < -0.4 is 5.32 Å². The second-order valence-electron chi connectivity index (χ2n) is 6.05. The molecule has 1 heterocycles. The summed E-state index contributed by atoms with van der Waals surface area (Å²) >= 11 is 1.27. The van der Waals surface area contributed by atoms with Gasteiger partial charge in [-0.3, -0.25) is 9.59 Å². The number of Topliss-reactive ketones (excluding diaryl/α,β-unsaturated/α-hetero) is 1. The fourth-order valence-corrected chi connectivity index (χ4v) is 3.28. The van der Waals surface area contributed by atoms with Crippen LogP contribution in [0.15, 0.2) is 53.7 Å². The quantitative estimate of drug-likeness (QED) is 0.520. The number of rotatable bonds is 6. The van der Waals surface area contributed by atoms with E-state index in [2.05, 4.69) is 20.8 Å². The number of aryl methyl sites for hydroxylation is 1. The molecule has 0 aliphatic heterocycles. The number of carbonyl (C=O) groups excluding carboxylic acids is 2. The van der Waals surface area contributed by atoms with Gasteiger partial charge in [0.15, 0.2) is 5.78 Å². The highest BCUT2D eigenvalue weighted by molar-refractivity contribution is 8.00. The number of hydrogen-bond acceptors (Lipinski definition) is 6. The Labute approximate surface area is 161 Å². The lowest BCUT2D eigenvalue weighted by Crippen LogP contribution is -2.23. The van der Waals surface area contributed by atoms with Crippen molar-refractivity contribution in [1.82, 2.24) is 20.2 Å². The number of tetrazole rings is 1. The summed E-state index contributed by atoms with van der Waals surface area (Å²) in [5, 5.41) is 14.8. The lowest BCUT2D eigenvalue weighted by molar-refractivity contribution is -0.115. The van der Waals surface area contributed by atoms with Crippen molar-refractivity contribution in [3.63, 3.8) is 0 Å². The highest BCUT2D eigenvalue weighted by Crippen LogP contribution is 2.25. The molecule has 0 saturated heterocycles. The molecule has 0 saturated carbocycles. The Morgan fingerprint density at radius 1 is 1.15 bits per heavy atom. The molecule has 0 radical (unpaired) electrons. The van der Waals surface area contributed by atoms with Crippen LogP contribution in [0.1, 0.15) is 29.8 Å². The highest BCUT2D eigenvalue weighted by Gasteiger charge is 2.20. The molecule has 1 N–H and O–H groups in total. The van der Waals surface area contributed by atoms with Crippen LogP contribution in [0, 0.1) is 6.92 Å². The maximum atomic E-state index is 12.5. The first-order chi connectivity index (χ1) is 13.0. The van der Waals surface area contributed by atoms with E-state index in [0.29, 0.717) is 16.4 Å². The molecule has 0 fully saturated rings. The number of aromatic nitrogens is 4. The summed E-state index contributed by atoms with van der Waals surface area (Å²) in [4.78, 5) is 24.0. The number of nitrogens with zero attached hydrogens (tertiary/aromatic N) is 4. The van der Waals surface area contributed by atoms with Gasteiger partial charge in [-0.25, -0.2) is 0 Å². The average Bonchev–Trinajstić information content (AvgIpc) is 3.10. The lowest BCUT2D eigenvalue weighted by atomic mass is 10.1. The van der Waals surface area contributed by atoms with Gasteiger partial charge in [-0.15, -0.1) is 5.10 Å². The van der Waals surface area contributed by atoms with E-state index in [-0.39, 0.29) is 11.7 Å². The molecule has 0 aliphatic carbocycles. The number of carbonyl (C=O) groups is 2. The summed E-state index contributed by atoms with van der Waals surface area (Å²) in [6.07, 6.45) is 0. The predicted octanol–water partition coefficient (Wildman–Crippen LogP) is 3.29. The van der Waals surface area contributed by atoms with Gasteiger partial charge in [0.1, 0.15) is 0 Å². The van der Waals surface area contributed by atoms with Crippen LogP contribution in [0.25, 0.3) is 5.69 Å². The van der Waals surface area contributed by atoms with Gasteiger partial charge in [0, 0.05) is 11.3 Å². The normalized spacial score (nSPS) is 11.8. The smallest absolute Gasteiger partial charge is 0.237 e. The van der Waals surface area contributed by atoms with Crippen molar-refractivity contribution in [3.8, 4) is 5.69 Å². The second kappa shape index (κ2) is 8.13. The van der Waals surface area contributed by atoms with Crippen LogP contribution in [0.4, 0.5) is 5.69 Å². The van der Waals surface area contributed by atoms with Crippen LogP contribution in [-0.4, -0.2) is 37.1 Å². The molecule has 1 amide bonds. The first-order valence-corrected chi connectivity index (χ1v) is 9.26. The number of hydrogen-bond donors (Lipinski definition) is 1. The van der Waals surface area contributed by atoms with Crippen molar-refractivity contribution in [2.45, 2.75) is 31.2 Å². The summed E-state index contributed by atoms with van der Waals surface area (Å²) < 4.78 is 1.63. The molecule has 0 unspecified atom stereocenters. The van der Waals surface area contributed by atoms with E-state index >= 15 is 0 Å². The van der Waals surface area contributed by atoms with Gasteiger partial charge in [0.2, 0.25) is 11.1 Å². The first kappa shape index (κ1) is 18.8. The minimum atomic E-state index is -0.431. The monoisotopic (exact) mass is 381 g/mol. The van der Waals surface area contributed by atoms with Gasteiger partial charge < -0.3 is 5.32 Å². The van der Waals surface area contributed by atoms with E-state index in [0.717, 1.165) is 11.3 Å². The molecule has 7 nitrogen and oxygen atoms in total. The Morgan fingerprint density at radius 3 is 2.67 bits per heavy atom. The zero-order chi connectivity index (χ0) is 19.4. The van der Waals surface area contributed by atoms with Gasteiger partial charge in [-0.1, -0.05) is 42.1 Å². The lowest BCUT2D eigenvalue weighted by Gasteiger charge is -2.13. The molecule has 27 heavy (non-hydrogen) atoms. The predicted molar refractivity (Wildman–Crippen MR) is 104 cm³/mol. The summed E-state index contributed by atoms with van der Waals surface area (Å²) in [6.45, 7) is 5.25. The van der Waals surface area contributed by atoms with E-state index in [1.807, 2.05) is 31.2 Å². The van der Waals surface area contributed by atoms with Crippen LogP contribution in [-0.2, 0) is 4.79 Å². The summed E-state index contributed by atoms with van der Waals surface area (Å²) in [5.74, 6) is -0.244. The Balaban J connectivity index is 1.73. The minimum Gasteiger partial charge on any atom is -0.325 e. The van der Waals surface area contributed by atoms with Crippen LogP contribution in [0.5, 0.6) is 0 Å². The van der Waals surface area contributed by atoms with Crippen molar-refractivity contribution in [3.05, 3.63) is 59.7 Å². The number of benzene rings is 2. The topological polar surface area (TPSA) is 89.8 Å². The maximum absolute atomic E-state index is 12.5. The fourth-order valence-electron chi connectivity index (χ4n) is 2.48. The zero-order valence-electron chi connectivity index (χ0n) is 15.2. The fraction of sp³-hybridized carbons (Fsp3) is 0.211. The molecule has 0 spiro atoms. The van der Waals surface area contributed by atoms with Crippen LogP contribution in [0.2, 0.25) is 0 Å². The minimum absolute atomic E-state index is 0.0501. The summed E-state index contributed by atoms with van der Waals surface area (Å²) in [7, 11) is 0. The third kappa shape index (κ3) is 4.40. The van der Waals surface area contributed by atoms with Crippen molar-refractivity contribution >= 4 is 29.1 Å². The Bertz CT molecular complexity index is 985. The standard InChI is InChI=1S/C19H19N5O2S/c1-12-7-4-5-10-17(12)24-19(21-22-23-24)27-14(3)18(26)20-16-9-6-8-15(11-16)13(2)25/h4-11,14H,1-3H3,(H,20,26)/t14-/m1/s1. The van der Waals surface area contributed by atoms with E-state index in [1.54, 1.807) is 35.9 Å². The van der Waals surface area contributed by atoms with Gasteiger partial charge in [0.05, 0.1) is 10.9 Å². The van der Waals surface area contributed by atoms with E-state index in [1.165, 1.54) is 18.7 Å². The zero-order valence-corrected chi connectivity index (χ0v) is 16.0. The number of nitrogens with one attached hydrogen (secondary N) is 1. The number of thioether (sulfide) groups is 1. The number of anilines is 1. The number of ketones is 1. The van der Waals surface area contributed by atoms with Crippen molar-refractivity contribution in [2.75, 3.05) is 5.32 Å². The number of para-hydroxylation sites is 1. The largest absolute Gasteiger partial charge is 0.325 e. The molecule has 1 atom stereocenters. The molecule has 0 aliphatic rings. The van der Waals surface area contributed by atoms with Crippen LogP contribution >= 0.6 is 11.8 Å². The molecule has 1 aromatic heterocycles. The van der Waals surface area contributed by atoms with Gasteiger partial charge in [-0.05, 0) is 55.0 Å². The molecule has 3 aromatic rings. The Kier molecular flexibility index (Phi) is 5.66. The highest BCUT2D eigenvalue weighted by atomic mass is 32.2. The molecular weight excluding hydrogens is 362 g/mol. The molecule has 8 heteroatoms.